The lowest BCUT2D eigenvalue weighted by Gasteiger charge is -2.31. The average molecular weight is 487 g/mol. The molecule has 3 heterocycles. The smallest absolute Gasteiger partial charge is 0.354 e. The van der Waals surface area contributed by atoms with Crippen molar-refractivity contribution in [3.05, 3.63) is 34.5 Å². The lowest BCUT2D eigenvalue weighted by atomic mass is 9.98. The summed E-state index contributed by atoms with van der Waals surface area (Å²) < 4.78 is 24.8. The van der Waals surface area contributed by atoms with Crippen molar-refractivity contribution in [2.75, 3.05) is 25.0 Å². The van der Waals surface area contributed by atoms with Gasteiger partial charge in [0.25, 0.3) is 0 Å². The van der Waals surface area contributed by atoms with Crippen molar-refractivity contribution >= 4 is 21.6 Å². The van der Waals surface area contributed by atoms with E-state index < -0.39 is 22.1 Å². The van der Waals surface area contributed by atoms with Crippen molar-refractivity contribution in [1.82, 2.24) is 14.7 Å². The summed E-state index contributed by atoms with van der Waals surface area (Å²) in [5.74, 6) is 0.323. The van der Waals surface area contributed by atoms with E-state index in [1.165, 1.54) is 19.0 Å². The molecule has 0 bridgehead atoms. The number of anilines is 1. The van der Waals surface area contributed by atoms with E-state index in [0.717, 1.165) is 54.6 Å². The molecule has 182 valence electrons. The van der Waals surface area contributed by atoms with Crippen molar-refractivity contribution in [1.29, 1.82) is 0 Å². The molecule has 3 atom stereocenters. The Hall–Kier alpha value is -2.47. The summed E-state index contributed by atoms with van der Waals surface area (Å²) in [6, 6.07) is 1.52. The van der Waals surface area contributed by atoms with E-state index in [1.54, 1.807) is 4.68 Å². The zero-order chi connectivity index (χ0) is 23.4. The fourth-order valence-electron chi connectivity index (χ4n) is 5.86. The van der Waals surface area contributed by atoms with E-state index in [9.17, 15) is 14.1 Å². The molecule has 2 aliphatic heterocycles. The molecule has 4 N–H and O–H groups in total. The topological polar surface area (TPSA) is 135 Å². The number of nitrogens with one attached hydrogen (secondary N) is 1. The molecule has 1 aromatic heterocycles. The number of carbonyl (C=O) groups excluding carboxylic acids is 1. The molecule has 4 aliphatic rings. The Labute approximate surface area is 198 Å². The standard InChI is InChI=1S/C23H30N6O4S/c24-34(32,20-11-25-29-12-15(13-33-22(20)29)28-8-1-2-9-28)27-23(31)26-21-16-5-3-4-14(16)10-18-17(21)6-7-19(18)30/h10-11,15,19,30H,1-9,12-13H2,(H3,24,26,27,31,32). The van der Waals surface area contributed by atoms with Gasteiger partial charge in [-0.05, 0) is 80.3 Å². The SMILES string of the molecule is NS(=O)(=NC(=O)Nc1c2c(cc3c1CCC3O)CCC2)c1cnn2c1OCC(N1CCCC1)C2. The van der Waals surface area contributed by atoms with Crippen molar-refractivity contribution in [2.24, 2.45) is 9.50 Å². The van der Waals surface area contributed by atoms with E-state index >= 15 is 0 Å². The highest BCUT2D eigenvalue weighted by atomic mass is 32.2. The van der Waals surface area contributed by atoms with Crippen LogP contribution in [-0.4, -0.2) is 55.8 Å². The van der Waals surface area contributed by atoms with Gasteiger partial charge < -0.3 is 15.2 Å². The number of aromatic nitrogens is 2. The molecular formula is C23H30N6O4S. The van der Waals surface area contributed by atoms with E-state index in [0.29, 0.717) is 37.6 Å². The molecule has 34 heavy (non-hydrogen) atoms. The number of amides is 2. The summed E-state index contributed by atoms with van der Waals surface area (Å²) in [5, 5.41) is 23.6. The molecule has 10 nitrogen and oxygen atoms in total. The van der Waals surface area contributed by atoms with Crippen LogP contribution in [-0.2, 0) is 35.7 Å². The van der Waals surface area contributed by atoms with E-state index in [2.05, 4.69) is 25.7 Å². The molecule has 1 saturated heterocycles. The minimum Gasteiger partial charge on any atom is -0.475 e. The molecule has 11 heteroatoms. The Kier molecular flexibility index (Phi) is 5.40. The molecule has 1 aromatic carbocycles. The highest BCUT2D eigenvalue weighted by Gasteiger charge is 2.33. The predicted octanol–water partition coefficient (Wildman–Crippen LogP) is 2.14. The number of aryl methyl sites for hydroxylation is 1. The number of nitrogens with zero attached hydrogens (tertiary/aromatic N) is 4. The van der Waals surface area contributed by atoms with Crippen LogP contribution in [0.4, 0.5) is 10.5 Å². The fourth-order valence-corrected chi connectivity index (χ4v) is 6.86. The number of benzene rings is 1. The molecule has 0 saturated carbocycles. The van der Waals surface area contributed by atoms with Gasteiger partial charge in [0, 0.05) is 5.69 Å². The average Bonchev–Trinajstić information content (AvgIpc) is 3.60. The number of hydrogen-bond acceptors (Lipinski definition) is 6. The van der Waals surface area contributed by atoms with Gasteiger partial charge in [0.05, 0.1) is 24.9 Å². The van der Waals surface area contributed by atoms with Crippen LogP contribution in [0.1, 0.15) is 54.0 Å². The first-order valence-electron chi connectivity index (χ1n) is 12.0. The molecule has 6 rings (SSSR count). The monoisotopic (exact) mass is 486 g/mol. The number of nitrogens with two attached hydrogens (primary N) is 1. The van der Waals surface area contributed by atoms with Gasteiger partial charge in [-0.2, -0.15) is 5.10 Å². The number of ether oxygens (including phenoxy) is 1. The molecule has 1 fully saturated rings. The van der Waals surface area contributed by atoms with Crippen LogP contribution in [0.15, 0.2) is 21.5 Å². The maximum absolute atomic E-state index is 13.3. The van der Waals surface area contributed by atoms with Crippen molar-refractivity contribution in [2.45, 2.75) is 68.5 Å². The van der Waals surface area contributed by atoms with Gasteiger partial charge in [0.1, 0.15) is 11.5 Å². The van der Waals surface area contributed by atoms with Crippen LogP contribution in [0.3, 0.4) is 0 Å². The second-order valence-corrected chi connectivity index (χ2v) is 11.4. The lowest BCUT2D eigenvalue weighted by molar-refractivity contribution is 0.0994. The summed E-state index contributed by atoms with van der Waals surface area (Å²) in [6.07, 6.45) is 7.33. The Morgan fingerprint density at radius 2 is 2.06 bits per heavy atom. The van der Waals surface area contributed by atoms with Crippen molar-refractivity contribution in [3.63, 3.8) is 0 Å². The summed E-state index contributed by atoms with van der Waals surface area (Å²) in [4.78, 5) is 15.4. The molecule has 3 unspecified atom stereocenters. The summed E-state index contributed by atoms with van der Waals surface area (Å²) >= 11 is 0. The largest absolute Gasteiger partial charge is 0.475 e. The van der Waals surface area contributed by atoms with E-state index in [-0.39, 0.29) is 10.9 Å². The Morgan fingerprint density at radius 3 is 2.88 bits per heavy atom. The number of urea groups is 1. The second kappa shape index (κ2) is 8.33. The highest BCUT2D eigenvalue weighted by Crippen LogP contribution is 2.42. The molecule has 2 aliphatic carbocycles. The second-order valence-electron chi connectivity index (χ2n) is 9.66. The van der Waals surface area contributed by atoms with Gasteiger partial charge in [-0.15, -0.1) is 4.36 Å². The van der Waals surface area contributed by atoms with Crippen LogP contribution in [0.25, 0.3) is 0 Å². The number of fused-ring (bicyclic) bond motifs is 3. The number of aliphatic hydroxyl groups excluding tert-OH is 1. The van der Waals surface area contributed by atoms with Crippen LogP contribution < -0.4 is 15.2 Å². The van der Waals surface area contributed by atoms with Crippen LogP contribution in [0.2, 0.25) is 0 Å². The molecule has 2 amide bonds. The van der Waals surface area contributed by atoms with Crippen LogP contribution in [0, 0.1) is 0 Å². The first kappa shape index (κ1) is 22.0. The Morgan fingerprint density at radius 1 is 1.24 bits per heavy atom. The first-order valence-corrected chi connectivity index (χ1v) is 13.6. The first-order chi connectivity index (χ1) is 16.4. The van der Waals surface area contributed by atoms with Gasteiger partial charge in [-0.25, -0.2) is 18.8 Å². The summed E-state index contributed by atoms with van der Waals surface area (Å²) in [5.41, 5.74) is 4.75. The van der Waals surface area contributed by atoms with E-state index in [4.69, 9.17) is 9.88 Å². The minimum absolute atomic E-state index is 0.140. The van der Waals surface area contributed by atoms with Crippen LogP contribution >= 0.6 is 0 Å². The van der Waals surface area contributed by atoms with Gasteiger partial charge in [0.15, 0.2) is 9.92 Å². The van der Waals surface area contributed by atoms with Gasteiger partial charge in [0.2, 0.25) is 5.88 Å². The zero-order valence-corrected chi connectivity index (χ0v) is 19.9. The molecule has 2 aromatic rings. The Bertz CT molecular complexity index is 1270. The van der Waals surface area contributed by atoms with Gasteiger partial charge >= 0.3 is 6.03 Å². The van der Waals surface area contributed by atoms with E-state index in [1.807, 2.05) is 0 Å². The predicted molar refractivity (Wildman–Crippen MR) is 126 cm³/mol. The number of rotatable bonds is 3. The van der Waals surface area contributed by atoms with Gasteiger partial charge in [-0.1, -0.05) is 6.07 Å². The van der Waals surface area contributed by atoms with Crippen LogP contribution in [0.5, 0.6) is 5.88 Å². The minimum atomic E-state index is -3.56. The third kappa shape index (κ3) is 3.71. The number of aliphatic hydroxyl groups is 1. The maximum atomic E-state index is 13.3. The molecule has 0 radical (unpaired) electrons. The molecular weight excluding hydrogens is 456 g/mol. The lowest BCUT2D eigenvalue weighted by Crippen LogP contribution is -2.43. The molecule has 0 spiro atoms. The quantitative estimate of drug-likeness (QED) is 0.608. The van der Waals surface area contributed by atoms with Crippen molar-refractivity contribution in [3.8, 4) is 5.88 Å². The van der Waals surface area contributed by atoms with Crippen molar-refractivity contribution < 1.29 is 18.8 Å². The maximum Gasteiger partial charge on any atom is 0.354 e. The Balaban J connectivity index is 1.26. The summed E-state index contributed by atoms with van der Waals surface area (Å²) in [7, 11) is -3.56. The highest BCUT2D eigenvalue weighted by molar-refractivity contribution is 7.91. The number of carbonyl (C=O) groups is 1. The zero-order valence-electron chi connectivity index (χ0n) is 19.0. The van der Waals surface area contributed by atoms with Gasteiger partial charge in [-0.3, -0.25) is 4.90 Å². The third-order valence-electron chi connectivity index (χ3n) is 7.55. The fraction of sp³-hybridized carbons (Fsp3) is 0.565. The summed E-state index contributed by atoms with van der Waals surface area (Å²) in [6.45, 7) is 3.18. The normalized spacial score (nSPS) is 25.2. The third-order valence-corrected chi connectivity index (χ3v) is 8.89. The number of likely N-dealkylation sites (tertiary alicyclic amines) is 1. The number of hydrogen-bond donors (Lipinski definition) is 3.